The fraction of sp³-hybridized carbons (Fsp3) is 0.143. The minimum Gasteiger partial charge on any atom is -0.273 e. The van der Waals surface area contributed by atoms with E-state index in [1.807, 2.05) is 54.6 Å². The van der Waals surface area contributed by atoms with Gasteiger partial charge < -0.3 is 0 Å². The summed E-state index contributed by atoms with van der Waals surface area (Å²) in [5, 5.41) is 1.94. The van der Waals surface area contributed by atoms with E-state index in [0.29, 0.717) is 6.42 Å². The van der Waals surface area contributed by atoms with Gasteiger partial charge in [0.25, 0.3) is 0 Å². The highest BCUT2D eigenvalue weighted by molar-refractivity contribution is 8.00. The van der Waals surface area contributed by atoms with Crippen molar-refractivity contribution >= 4 is 56.0 Å². The van der Waals surface area contributed by atoms with Crippen LogP contribution in [0.3, 0.4) is 0 Å². The van der Waals surface area contributed by atoms with Gasteiger partial charge in [-0.3, -0.25) is 25.4 Å². The van der Waals surface area contributed by atoms with Gasteiger partial charge in [0, 0.05) is 29.3 Å². The largest absolute Gasteiger partial charge is 0.273 e. The molecule has 0 aliphatic carbocycles. The first-order valence-electron chi connectivity index (χ1n) is 9.08. The Balaban J connectivity index is 1.23. The Morgan fingerprint density at radius 2 is 1.79 bits per heavy atom. The third-order valence-electron chi connectivity index (χ3n) is 4.20. The van der Waals surface area contributed by atoms with Gasteiger partial charge in [-0.05, 0) is 24.3 Å². The number of pyridine rings is 1. The lowest BCUT2D eigenvalue weighted by molar-refractivity contribution is -0.127. The Hall–Kier alpha value is -2.97. The van der Waals surface area contributed by atoms with E-state index >= 15 is 0 Å². The number of nitrogens with zero attached hydrogens (tertiary/aromatic N) is 2. The Bertz CT molecular complexity index is 1140. The summed E-state index contributed by atoms with van der Waals surface area (Å²) < 4.78 is 1.11. The maximum atomic E-state index is 12.1. The summed E-state index contributed by atoms with van der Waals surface area (Å²) in [6.07, 6.45) is 2.54. The van der Waals surface area contributed by atoms with Crippen LogP contribution in [0, 0.1) is 0 Å². The summed E-state index contributed by atoms with van der Waals surface area (Å²) in [5.74, 6) is -0.320. The van der Waals surface area contributed by atoms with Crippen LogP contribution in [0.1, 0.15) is 11.4 Å². The minimum atomic E-state index is -0.267. The van der Waals surface area contributed by atoms with Crippen molar-refractivity contribution in [2.45, 2.75) is 17.7 Å². The molecule has 6 nitrogen and oxygen atoms in total. The highest BCUT2D eigenvalue weighted by Gasteiger charge is 2.10. The molecule has 0 unspecified atom stereocenters. The Morgan fingerprint density at radius 3 is 2.69 bits per heavy atom. The van der Waals surface area contributed by atoms with Crippen molar-refractivity contribution in [1.29, 1.82) is 0 Å². The van der Waals surface area contributed by atoms with Crippen LogP contribution in [-0.4, -0.2) is 27.5 Å². The van der Waals surface area contributed by atoms with Crippen molar-refractivity contribution < 1.29 is 9.59 Å². The number of amides is 2. The second-order valence-electron chi connectivity index (χ2n) is 6.29. The quantitative estimate of drug-likeness (QED) is 0.365. The van der Waals surface area contributed by atoms with Crippen LogP contribution in [0.4, 0.5) is 0 Å². The number of thiazole rings is 1. The molecular formula is C21H18N4O2S2. The number of nitrogens with one attached hydrogen (secondary N) is 2. The van der Waals surface area contributed by atoms with Crippen molar-refractivity contribution in [1.82, 2.24) is 20.8 Å². The number of para-hydroxylation sites is 2. The average Bonchev–Trinajstić information content (AvgIpc) is 3.18. The Labute approximate surface area is 175 Å². The maximum absolute atomic E-state index is 12.1. The molecule has 0 radical (unpaired) electrons. The summed E-state index contributed by atoms with van der Waals surface area (Å²) in [4.78, 5) is 33.9. The average molecular weight is 423 g/mol. The summed E-state index contributed by atoms with van der Waals surface area (Å²) in [7, 11) is 0. The van der Waals surface area contributed by atoms with E-state index in [2.05, 4.69) is 20.8 Å². The molecular weight excluding hydrogens is 404 g/mol. The van der Waals surface area contributed by atoms with Gasteiger partial charge in [0.05, 0.1) is 26.5 Å². The highest BCUT2D eigenvalue weighted by Crippen LogP contribution is 2.26. The summed E-state index contributed by atoms with van der Waals surface area (Å²) in [6, 6.07) is 17.6. The normalized spacial score (nSPS) is 10.9. The van der Waals surface area contributed by atoms with Gasteiger partial charge in [0.1, 0.15) is 0 Å². The van der Waals surface area contributed by atoms with Gasteiger partial charge in [0.15, 0.2) is 0 Å². The molecule has 2 aromatic carbocycles. The van der Waals surface area contributed by atoms with Gasteiger partial charge in [-0.1, -0.05) is 30.3 Å². The number of rotatable bonds is 6. The number of hydrogen-bond acceptors (Lipinski definition) is 6. The van der Waals surface area contributed by atoms with Crippen LogP contribution < -0.4 is 10.9 Å². The van der Waals surface area contributed by atoms with Crippen LogP contribution in [0.5, 0.6) is 0 Å². The Morgan fingerprint density at radius 1 is 0.966 bits per heavy atom. The zero-order valence-corrected chi connectivity index (χ0v) is 17.1. The lowest BCUT2D eigenvalue weighted by Crippen LogP contribution is -2.42. The number of aromatic nitrogens is 2. The van der Waals surface area contributed by atoms with Crippen molar-refractivity contribution in [3.05, 3.63) is 65.8 Å². The molecule has 2 amide bonds. The number of carbonyl (C=O) groups is 2. The van der Waals surface area contributed by atoms with E-state index in [1.165, 1.54) is 11.8 Å². The number of benzene rings is 2. The van der Waals surface area contributed by atoms with E-state index in [0.717, 1.165) is 31.0 Å². The summed E-state index contributed by atoms with van der Waals surface area (Å²) in [5.41, 5.74) is 6.75. The van der Waals surface area contributed by atoms with Gasteiger partial charge in [-0.25, -0.2) is 4.98 Å². The third kappa shape index (κ3) is 4.90. The molecule has 2 aromatic heterocycles. The number of hydrazine groups is 1. The first-order valence-corrected chi connectivity index (χ1v) is 10.9. The van der Waals surface area contributed by atoms with Crippen LogP contribution in [-0.2, 0) is 16.0 Å². The molecule has 0 atom stereocenters. The topological polar surface area (TPSA) is 84.0 Å². The zero-order chi connectivity index (χ0) is 20.1. The molecule has 2 heterocycles. The first-order chi connectivity index (χ1) is 14.2. The molecule has 0 aliphatic rings. The Kier molecular flexibility index (Phi) is 6.02. The monoisotopic (exact) mass is 422 g/mol. The van der Waals surface area contributed by atoms with Gasteiger partial charge >= 0.3 is 0 Å². The smallest absolute Gasteiger partial charge is 0.248 e. The fourth-order valence-corrected chi connectivity index (χ4v) is 4.63. The van der Waals surface area contributed by atoms with Crippen molar-refractivity contribution in [3.8, 4) is 0 Å². The number of carbonyl (C=O) groups excluding carboxylic acids is 2. The van der Waals surface area contributed by atoms with E-state index in [-0.39, 0.29) is 24.0 Å². The molecule has 8 heteroatoms. The van der Waals surface area contributed by atoms with Gasteiger partial charge in [-0.2, -0.15) is 0 Å². The third-order valence-corrected chi connectivity index (χ3v) is 6.34. The molecule has 0 spiro atoms. The molecule has 0 bridgehead atoms. The number of thioether (sulfide) groups is 1. The van der Waals surface area contributed by atoms with E-state index in [9.17, 15) is 9.59 Å². The molecule has 0 saturated carbocycles. The van der Waals surface area contributed by atoms with E-state index in [1.54, 1.807) is 17.5 Å². The number of fused-ring (bicyclic) bond motifs is 2. The minimum absolute atomic E-state index is 0.188. The standard InChI is InChI=1S/C21H18N4O2S2/c26-18(10-11-20-23-15-7-1-2-8-16(15)29-20)24-25-19(27)13-28-17-9-3-5-14-6-4-12-22-21(14)17/h1-9,12H,10-11,13H2,(H,24,26)(H,25,27). The number of hydrogen-bond donors (Lipinski definition) is 2. The molecule has 4 aromatic rings. The predicted octanol–water partition coefficient (Wildman–Crippen LogP) is 3.72. The van der Waals surface area contributed by atoms with Crippen molar-refractivity contribution in [2.75, 3.05) is 5.75 Å². The second kappa shape index (κ2) is 9.02. The van der Waals surface area contributed by atoms with Crippen LogP contribution in [0.15, 0.2) is 65.7 Å². The van der Waals surface area contributed by atoms with Crippen molar-refractivity contribution in [2.24, 2.45) is 0 Å². The van der Waals surface area contributed by atoms with E-state index < -0.39 is 0 Å². The lowest BCUT2D eigenvalue weighted by atomic mass is 10.2. The second-order valence-corrected chi connectivity index (χ2v) is 8.42. The predicted molar refractivity (Wildman–Crippen MR) is 117 cm³/mol. The summed E-state index contributed by atoms with van der Waals surface area (Å²) in [6.45, 7) is 0. The van der Waals surface area contributed by atoms with Gasteiger partial charge in [-0.15, -0.1) is 23.1 Å². The molecule has 2 N–H and O–H groups in total. The zero-order valence-electron chi connectivity index (χ0n) is 15.4. The van der Waals surface area contributed by atoms with Gasteiger partial charge in [0.2, 0.25) is 11.8 Å². The molecule has 4 rings (SSSR count). The maximum Gasteiger partial charge on any atom is 0.248 e. The SMILES string of the molecule is O=C(CCc1nc2ccccc2s1)NNC(=O)CSc1cccc2cccnc12. The van der Waals surface area contributed by atoms with Crippen LogP contribution in [0.25, 0.3) is 21.1 Å². The first kappa shape index (κ1) is 19.4. The fourth-order valence-electron chi connectivity index (χ4n) is 2.82. The molecule has 0 fully saturated rings. The lowest BCUT2D eigenvalue weighted by Gasteiger charge is -2.08. The number of aryl methyl sites for hydroxylation is 1. The summed E-state index contributed by atoms with van der Waals surface area (Å²) >= 11 is 2.97. The van der Waals surface area contributed by atoms with E-state index in [4.69, 9.17) is 0 Å². The molecule has 0 aliphatic heterocycles. The molecule has 146 valence electrons. The molecule has 0 saturated heterocycles. The van der Waals surface area contributed by atoms with Crippen LogP contribution in [0.2, 0.25) is 0 Å². The van der Waals surface area contributed by atoms with Crippen molar-refractivity contribution in [3.63, 3.8) is 0 Å². The molecule has 29 heavy (non-hydrogen) atoms. The highest BCUT2D eigenvalue weighted by atomic mass is 32.2. The van der Waals surface area contributed by atoms with Crippen LogP contribution >= 0.6 is 23.1 Å².